The number of anilines is 1. The highest BCUT2D eigenvalue weighted by molar-refractivity contribution is 8.93. The highest BCUT2D eigenvalue weighted by atomic mass is 79.9. The molecule has 2 aromatic rings. The van der Waals surface area contributed by atoms with Crippen LogP contribution >= 0.6 is 28.7 Å². The Bertz CT molecular complexity index is 949. The fraction of sp³-hybridized carbons (Fsp3) is 0.559. The maximum absolute atomic E-state index is 12.5. The lowest BCUT2D eigenvalue weighted by atomic mass is 10.0. The van der Waals surface area contributed by atoms with E-state index >= 15 is 0 Å². The number of amides is 1. The first-order chi connectivity index (χ1) is 19.2. The molecule has 0 unspecified atom stereocenters. The maximum Gasteiger partial charge on any atom is 0.228 e. The fourth-order valence-electron chi connectivity index (χ4n) is 4.92. The van der Waals surface area contributed by atoms with Crippen molar-refractivity contribution in [1.29, 1.82) is 0 Å². The molecule has 0 spiro atoms. The molecule has 40 heavy (non-hydrogen) atoms. The second-order valence-corrected chi connectivity index (χ2v) is 11.7. The molecule has 1 aliphatic heterocycles. The van der Waals surface area contributed by atoms with Gasteiger partial charge in [0, 0.05) is 18.4 Å². The molecular weight excluding hydrogens is 580 g/mol. The van der Waals surface area contributed by atoms with Gasteiger partial charge in [-0.3, -0.25) is 4.79 Å². The molecule has 4 nitrogen and oxygen atoms in total. The summed E-state index contributed by atoms with van der Waals surface area (Å²) in [6, 6.07) is 16.1. The Hall–Kier alpha value is -1.92. The summed E-state index contributed by atoms with van der Waals surface area (Å²) in [5.41, 5.74) is 3.07. The lowest BCUT2D eigenvalue weighted by Gasteiger charge is -2.14. The smallest absolute Gasteiger partial charge is 0.228 e. The van der Waals surface area contributed by atoms with E-state index < -0.39 is 0 Å². The van der Waals surface area contributed by atoms with Crippen molar-refractivity contribution in [2.45, 2.75) is 110 Å². The van der Waals surface area contributed by atoms with Crippen molar-refractivity contribution in [2.75, 3.05) is 17.8 Å². The van der Waals surface area contributed by atoms with Gasteiger partial charge in [0.05, 0.1) is 18.9 Å². The monoisotopic (exact) mass is 630 g/mol. The summed E-state index contributed by atoms with van der Waals surface area (Å²) in [5, 5.41) is 5.13. The summed E-state index contributed by atoms with van der Waals surface area (Å²) in [7, 11) is 0. The highest BCUT2D eigenvalue weighted by Crippen LogP contribution is 2.20. The zero-order valence-electron chi connectivity index (χ0n) is 24.6. The maximum atomic E-state index is 12.5. The molecule has 0 atom stereocenters. The largest absolute Gasteiger partial charge is 0.494 e. The molecule has 222 valence electrons. The Morgan fingerprint density at radius 2 is 1.32 bits per heavy atom. The van der Waals surface area contributed by atoms with Crippen molar-refractivity contribution in [3.05, 3.63) is 71.3 Å². The van der Waals surface area contributed by atoms with Crippen LogP contribution in [0.2, 0.25) is 0 Å². The minimum absolute atomic E-state index is 0. The van der Waals surface area contributed by atoms with E-state index in [0.29, 0.717) is 6.42 Å². The van der Waals surface area contributed by atoms with Gasteiger partial charge in [-0.15, -0.1) is 28.7 Å². The predicted molar refractivity (Wildman–Crippen MR) is 178 cm³/mol. The van der Waals surface area contributed by atoms with Gasteiger partial charge in [-0.25, -0.2) is 0 Å². The molecule has 3 rings (SSSR count). The molecule has 1 aliphatic rings. The molecular formula is C34H51BrN2O2S. The number of rotatable bonds is 21. The molecule has 2 aromatic carbocycles. The molecule has 6 heteroatoms. The van der Waals surface area contributed by atoms with E-state index in [-0.39, 0.29) is 22.9 Å². The third-order valence-electron chi connectivity index (χ3n) is 7.29. The number of nitrogens with zero attached hydrogens (tertiary/aromatic N) is 1. The third-order valence-corrected chi connectivity index (χ3v) is 8.08. The van der Waals surface area contributed by atoms with Crippen LogP contribution in [0.1, 0.15) is 108 Å². The zero-order valence-corrected chi connectivity index (χ0v) is 27.1. The molecule has 1 N–H and O–H groups in total. The fourth-order valence-corrected chi connectivity index (χ4v) is 5.63. The van der Waals surface area contributed by atoms with Crippen LogP contribution in [0.15, 0.2) is 60.1 Å². The van der Waals surface area contributed by atoms with Gasteiger partial charge in [0.2, 0.25) is 5.91 Å². The number of ether oxygens (including phenoxy) is 1. The van der Waals surface area contributed by atoms with Crippen LogP contribution in [0.4, 0.5) is 5.69 Å². The Balaban J connectivity index is 0.00000560. The summed E-state index contributed by atoms with van der Waals surface area (Å²) in [6.45, 7) is 3.94. The summed E-state index contributed by atoms with van der Waals surface area (Å²) in [6.07, 6.45) is 21.6. The van der Waals surface area contributed by atoms with Crippen molar-refractivity contribution < 1.29 is 9.53 Å². The van der Waals surface area contributed by atoms with Crippen LogP contribution in [0.5, 0.6) is 5.75 Å². The molecule has 0 bridgehead atoms. The van der Waals surface area contributed by atoms with Crippen molar-refractivity contribution >= 4 is 40.3 Å². The first-order valence-corrected chi connectivity index (χ1v) is 16.4. The number of thioether (sulfide) groups is 1. The first kappa shape index (κ1) is 34.3. The summed E-state index contributed by atoms with van der Waals surface area (Å²) >= 11 is 1.81. The Kier molecular flexibility index (Phi) is 18.7. The van der Waals surface area contributed by atoms with Gasteiger partial charge in [0.15, 0.2) is 0 Å². The molecule has 0 saturated heterocycles. The SMILES string of the molecule is Br.CCCCCCCCCCCCCCCCOc1ccc(CC(=O)Nc2ccc(CN3C=CSC3)cc2)cc1. The molecule has 0 aromatic heterocycles. The number of hydrogen-bond acceptors (Lipinski definition) is 4. The van der Waals surface area contributed by atoms with Crippen molar-refractivity contribution in [3.8, 4) is 5.75 Å². The van der Waals surface area contributed by atoms with Crippen LogP contribution in [0.3, 0.4) is 0 Å². The van der Waals surface area contributed by atoms with Crippen LogP contribution in [-0.2, 0) is 17.8 Å². The number of carbonyl (C=O) groups is 1. The number of carbonyl (C=O) groups excluding carboxylic acids is 1. The average Bonchev–Trinajstić information content (AvgIpc) is 3.46. The number of halogens is 1. The van der Waals surface area contributed by atoms with Gasteiger partial charge in [-0.2, -0.15) is 0 Å². The van der Waals surface area contributed by atoms with E-state index in [0.717, 1.165) is 42.4 Å². The van der Waals surface area contributed by atoms with E-state index in [9.17, 15) is 4.79 Å². The molecule has 0 saturated carbocycles. The second kappa shape index (κ2) is 21.8. The van der Waals surface area contributed by atoms with Crippen LogP contribution in [0.25, 0.3) is 0 Å². The van der Waals surface area contributed by atoms with Crippen molar-refractivity contribution in [3.63, 3.8) is 0 Å². The van der Waals surface area contributed by atoms with Gasteiger partial charge in [-0.05, 0) is 47.2 Å². The highest BCUT2D eigenvalue weighted by Gasteiger charge is 2.07. The zero-order chi connectivity index (χ0) is 27.4. The van der Waals surface area contributed by atoms with E-state index in [2.05, 4.69) is 40.9 Å². The van der Waals surface area contributed by atoms with Gasteiger partial charge in [0.1, 0.15) is 5.75 Å². The van der Waals surface area contributed by atoms with Gasteiger partial charge in [-0.1, -0.05) is 115 Å². The molecule has 1 heterocycles. The second-order valence-electron chi connectivity index (χ2n) is 10.8. The van der Waals surface area contributed by atoms with E-state index in [1.165, 1.54) is 89.0 Å². The summed E-state index contributed by atoms with van der Waals surface area (Å²) < 4.78 is 5.92. The topological polar surface area (TPSA) is 41.6 Å². The standard InChI is InChI=1S/C34H50N2O2S.BrH/c1-2-3-4-5-6-7-8-9-10-11-12-13-14-15-25-38-33-22-18-30(19-23-33)27-34(37)35-32-20-16-31(17-21-32)28-36-24-26-39-29-36;/h16-24,26H,2-15,25,27-29H2,1H3,(H,35,37);1H. The van der Waals surface area contributed by atoms with Crippen molar-refractivity contribution in [1.82, 2.24) is 4.90 Å². The van der Waals surface area contributed by atoms with Crippen LogP contribution in [0, 0.1) is 0 Å². The quantitative estimate of drug-likeness (QED) is 0.139. The number of benzene rings is 2. The normalized spacial score (nSPS) is 12.4. The van der Waals surface area contributed by atoms with Gasteiger partial charge < -0.3 is 15.0 Å². The van der Waals surface area contributed by atoms with Gasteiger partial charge >= 0.3 is 0 Å². The van der Waals surface area contributed by atoms with E-state index in [1.54, 1.807) is 11.8 Å². The number of unbranched alkanes of at least 4 members (excludes halogenated alkanes) is 13. The van der Waals surface area contributed by atoms with Gasteiger partial charge in [0.25, 0.3) is 0 Å². The average molecular weight is 632 g/mol. The lowest BCUT2D eigenvalue weighted by Crippen LogP contribution is -2.15. The Morgan fingerprint density at radius 3 is 1.88 bits per heavy atom. The Labute approximate surface area is 258 Å². The molecule has 1 amide bonds. The van der Waals surface area contributed by atoms with Crippen LogP contribution in [-0.4, -0.2) is 23.3 Å². The molecule has 0 radical (unpaired) electrons. The number of hydrogen-bond donors (Lipinski definition) is 1. The molecule has 0 fully saturated rings. The van der Waals surface area contributed by atoms with Crippen molar-refractivity contribution in [2.24, 2.45) is 0 Å². The minimum Gasteiger partial charge on any atom is -0.494 e. The van der Waals surface area contributed by atoms with E-state index in [1.807, 2.05) is 36.4 Å². The van der Waals surface area contributed by atoms with Crippen LogP contribution < -0.4 is 10.1 Å². The van der Waals surface area contributed by atoms with E-state index in [4.69, 9.17) is 4.74 Å². The molecule has 0 aliphatic carbocycles. The minimum atomic E-state index is -0.00213. The Morgan fingerprint density at radius 1 is 0.775 bits per heavy atom. The third kappa shape index (κ3) is 15.2. The first-order valence-electron chi connectivity index (χ1n) is 15.4. The number of nitrogens with one attached hydrogen (secondary N) is 1. The summed E-state index contributed by atoms with van der Waals surface area (Å²) in [5.74, 6) is 1.88. The summed E-state index contributed by atoms with van der Waals surface area (Å²) in [4.78, 5) is 14.8. The lowest BCUT2D eigenvalue weighted by molar-refractivity contribution is -0.115. The predicted octanol–water partition coefficient (Wildman–Crippen LogP) is 10.3.